The van der Waals surface area contributed by atoms with Gasteiger partial charge in [0.05, 0.1) is 7.11 Å². The minimum absolute atomic E-state index is 0.149. The molecule has 5 heteroatoms. The quantitative estimate of drug-likeness (QED) is 0.834. The normalized spacial score (nSPS) is 9.80. The summed E-state index contributed by atoms with van der Waals surface area (Å²) >= 11 is 0. The number of benzene rings is 1. The van der Waals surface area contributed by atoms with E-state index in [1.54, 1.807) is 6.07 Å². The lowest BCUT2D eigenvalue weighted by Crippen LogP contribution is -2.23. The van der Waals surface area contributed by atoms with E-state index in [2.05, 4.69) is 0 Å². The number of ether oxygens (including phenoxy) is 1. The van der Waals surface area contributed by atoms with Gasteiger partial charge in [0.15, 0.2) is 11.6 Å². The van der Waals surface area contributed by atoms with E-state index >= 15 is 0 Å². The zero-order valence-corrected chi connectivity index (χ0v) is 8.53. The van der Waals surface area contributed by atoms with Gasteiger partial charge in [0.25, 0.3) is 0 Å². The van der Waals surface area contributed by atoms with Gasteiger partial charge in [0, 0.05) is 13.6 Å². The Kier molecular flexibility index (Phi) is 3.49. The monoisotopic (exact) mass is 213 g/mol. The number of nitrogens with zero attached hydrogens (tertiary/aromatic N) is 1. The summed E-state index contributed by atoms with van der Waals surface area (Å²) in [5.74, 6) is -0.342. The summed E-state index contributed by atoms with van der Waals surface area (Å²) in [5.41, 5.74) is 0.582. The Morgan fingerprint density at radius 1 is 1.60 bits per heavy atom. The maximum atomic E-state index is 13.2. The molecule has 4 nitrogen and oxygen atoms in total. The van der Waals surface area contributed by atoms with E-state index in [4.69, 9.17) is 9.84 Å². The molecule has 0 unspecified atom stereocenters. The molecular weight excluding hydrogens is 201 g/mol. The molecule has 0 atom stereocenters. The fourth-order valence-electron chi connectivity index (χ4n) is 1.15. The fourth-order valence-corrected chi connectivity index (χ4v) is 1.15. The highest BCUT2D eigenvalue weighted by molar-refractivity contribution is 5.64. The maximum absolute atomic E-state index is 13.2. The van der Waals surface area contributed by atoms with Gasteiger partial charge in [-0.2, -0.15) is 0 Å². The lowest BCUT2D eigenvalue weighted by atomic mass is 10.2. The molecule has 0 saturated carbocycles. The standard InChI is InChI=1S/C10H12FNO3/c1-12(10(13)14)6-7-3-4-9(15-2)8(11)5-7/h3-5H,6H2,1-2H3,(H,13,14). The van der Waals surface area contributed by atoms with Crippen LogP contribution >= 0.6 is 0 Å². The summed E-state index contributed by atoms with van der Waals surface area (Å²) < 4.78 is 18.0. The molecule has 0 heterocycles. The number of carbonyl (C=O) groups is 1. The van der Waals surface area contributed by atoms with E-state index in [-0.39, 0.29) is 12.3 Å². The van der Waals surface area contributed by atoms with Crippen LogP contribution in [0.25, 0.3) is 0 Å². The first-order chi connectivity index (χ1) is 7.04. The summed E-state index contributed by atoms with van der Waals surface area (Å²) in [4.78, 5) is 11.6. The van der Waals surface area contributed by atoms with Gasteiger partial charge < -0.3 is 14.7 Å². The highest BCUT2D eigenvalue weighted by Gasteiger charge is 2.08. The van der Waals surface area contributed by atoms with Crippen molar-refractivity contribution in [3.05, 3.63) is 29.6 Å². The van der Waals surface area contributed by atoms with E-state index in [0.29, 0.717) is 5.56 Å². The minimum atomic E-state index is -1.05. The fraction of sp³-hybridized carbons (Fsp3) is 0.300. The SMILES string of the molecule is COc1ccc(CN(C)C(=O)O)cc1F. The molecule has 1 N–H and O–H groups in total. The van der Waals surface area contributed by atoms with Gasteiger partial charge in [-0.1, -0.05) is 6.07 Å². The van der Waals surface area contributed by atoms with Crippen molar-refractivity contribution >= 4 is 6.09 Å². The van der Waals surface area contributed by atoms with Crippen LogP contribution < -0.4 is 4.74 Å². The van der Waals surface area contributed by atoms with E-state index in [1.807, 2.05) is 0 Å². The van der Waals surface area contributed by atoms with Gasteiger partial charge in [-0.25, -0.2) is 9.18 Å². The van der Waals surface area contributed by atoms with Gasteiger partial charge in [-0.15, -0.1) is 0 Å². The number of halogens is 1. The minimum Gasteiger partial charge on any atom is -0.494 e. The summed E-state index contributed by atoms with van der Waals surface area (Å²) in [6.07, 6.45) is -1.05. The van der Waals surface area contributed by atoms with Crippen molar-refractivity contribution in [2.24, 2.45) is 0 Å². The van der Waals surface area contributed by atoms with Crippen LogP contribution in [-0.4, -0.2) is 30.3 Å². The van der Waals surface area contributed by atoms with Crippen LogP contribution in [0.1, 0.15) is 5.56 Å². The molecule has 0 saturated heterocycles. The Bertz CT molecular complexity index is 368. The Morgan fingerprint density at radius 3 is 2.73 bits per heavy atom. The zero-order chi connectivity index (χ0) is 11.4. The molecular formula is C10H12FNO3. The third-order valence-electron chi connectivity index (χ3n) is 1.96. The highest BCUT2D eigenvalue weighted by atomic mass is 19.1. The second-order valence-electron chi connectivity index (χ2n) is 3.11. The first-order valence-corrected chi connectivity index (χ1v) is 4.31. The predicted molar refractivity (Wildman–Crippen MR) is 52.4 cm³/mol. The maximum Gasteiger partial charge on any atom is 0.407 e. The first kappa shape index (κ1) is 11.3. The second kappa shape index (κ2) is 4.63. The summed E-state index contributed by atoms with van der Waals surface area (Å²) in [6, 6.07) is 4.36. The largest absolute Gasteiger partial charge is 0.494 e. The number of carboxylic acid groups (broad SMARTS) is 1. The molecule has 0 aliphatic carbocycles. The van der Waals surface area contributed by atoms with E-state index in [1.165, 1.54) is 26.3 Å². The number of amides is 1. The van der Waals surface area contributed by atoms with Gasteiger partial charge in [-0.05, 0) is 17.7 Å². The third kappa shape index (κ3) is 2.83. The zero-order valence-electron chi connectivity index (χ0n) is 8.53. The predicted octanol–water partition coefficient (Wildman–Crippen LogP) is 1.94. The molecule has 82 valence electrons. The smallest absolute Gasteiger partial charge is 0.407 e. The van der Waals surface area contributed by atoms with E-state index < -0.39 is 11.9 Å². The molecule has 0 radical (unpaired) electrons. The van der Waals surface area contributed by atoms with Crippen LogP contribution in [-0.2, 0) is 6.54 Å². The summed E-state index contributed by atoms with van der Waals surface area (Å²) in [6.45, 7) is 0.149. The van der Waals surface area contributed by atoms with Crippen LogP contribution in [0.3, 0.4) is 0 Å². The van der Waals surface area contributed by atoms with Gasteiger partial charge in [-0.3, -0.25) is 0 Å². The van der Waals surface area contributed by atoms with Crippen LogP contribution in [0.2, 0.25) is 0 Å². The average molecular weight is 213 g/mol. The van der Waals surface area contributed by atoms with Crippen molar-refractivity contribution in [3.63, 3.8) is 0 Å². The molecule has 0 bridgehead atoms. The molecule has 0 aliphatic heterocycles. The van der Waals surface area contributed by atoms with E-state index in [0.717, 1.165) is 4.90 Å². The molecule has 0 aromatic heterocycles. The molecule has 0 spiro atoms. The molecule has 15 heavy (non-hydrogen) atoms. The van der Waals surface area contributed by atoms with Gasteiger partial charge in [0.2, 0.25) is 0 Å². The van der Waals surface area contributed by atoms with Crippen molar-refractivity contribution in [2.45, 2.75) is 6.54 Å². The Morgan fingerprint density at radius 2 is 2.27 bits per heavy atom. The Balaban J connectivity index is 2.79. The van der Waals surface area contributed by atoms with Crippen LogP contribution in [0.5, 0.6) is 5.75 Å². The molecule has 0 aliphatic rings. The lowest BCUT2D eigenvalue weighted by molar-refractivity contribution is 0.153. The van der Waals surface area contributed by atoms with Crippen LogP contribution in [0, 0.1) is 5.82 Å². The number of hydrogen-bond acceptors (Lipinski definition) is 2. The Hall–Kier alpha value is -1.78. The second-order valence-corrected chi connectivity index (χ2v) is 3.11. The van der Waals surface area contributed by atoms with E-state index in [9.17, 15) is 9.18 Å². The van der Waals surface area contributed by atoms with Crippen molar-refractivity contribution in [1.29, 1.82) is 0 Å². The summed E-state index contributed by atoms with van der Waals surface area (Å²) in [5, 5.41) is 8.62. The molecule has 0 fully saturated rings. The molecule has 1 rings (SSSR count). The van der Waals surface area contributed by atoms with Gasteiger partial charge >= 0.3 is 6.09 Å². The number of hydrogen-bond donors (Lipinski definition) is 1. The first-order valence-electron chi connectivity index (χ1n) is 4.31. The number of methoxy groups -OCH3 is 1. The Labute approximate surface area is 86.9 Å². The van der Waals surface area contributed by atoms with Crippen molar-refractivity contribution in [2.75, 3.05) is 14.2 Å². The molecule has 1 amide bonds. The van der Waals surface area contributed by atoms with Gasteiger partial charge in [0.1, 0.15) is 0 Å². The summed E-state index contributed by atoms with van der Waals surface area (Å²) in [7, 11) is 2.80. The third-order valence-corrected chi connectivity index (χ3v) is 1.96. The number of rotatable bonds is 3. The highest BCUT2D eigenvalue weighted by Crippen LogP contribution is 2.18. The lowest BCUT2D eigenvalue weighted by Gasteiger charge is -2.13. The molecule has 1 aromatic carbocycles. The average Bonchev–Trinajstić information content (AvgIpc) is 2.18. The van der Waals surface area contributed by atoms with Crippen molar-refractivity contribution in [1.82, 2.24) is 4.90 Å². The van der Waals surface area contributed by atoms with Crippen LogP contribution in [0.15, 0.2) is 18.2 Å². The van der Waals surface area contributed by atoms with Crippen LogP contribution in [0.4, 0.5) is 9.18 Å². The van der Waals surface area contributed by atoms with Crippen molar-refractivity contribution < 1.29 is 19.0 Å². The topological polar surface area (TPSA) is 49.8 Å². The van der Waals surface area contributed by atoms with Crippen molar-refractivity contribution in [3.8, 4) is 5.75 Å². The molecule has 1 aromatic rings.